The van der Waals surface area contributed by atoms with Crippen molar-refractivity contribution < 1.29 is 9.13 Å². The summed E-state index contributed by atoms with van der Waals surface area (Å²) in [7, 11) is 0. The second kappa shape index (κ2) is 6.52. The van der Waals surface area contributed by atoms with Crippen molar-refractivity contribution in [3.05, 3.63) is 62.8 Å². The van der Waals surface area contributed by atoms with Crippen LogP contribution in [0.4, 0.5) is 4.39 Å². The summed E-state index contributed by atoms with van der Waals surface area (Å²) in [6.45, 7) is 0.243. The fraction of sp³-hybridized carbons (Fsp3) is 0.0714. The van der Waals surface area contributed by atoms with E-state index in [1.54, 1.807) is 18.2 Å². The van der Waals surface area contributed by atoms with Gasteiger partial charge in [0.2, 0.25) is 0 Å². The lowest BCUT2D eigenvalue weighted by Crippen LogP contribution is -2.11. The maximum Gasteiger partial charge on any atom is 0.179 e. The van der Waals surface area contributed by atoms with Gasteiger partial charge in [-0.1, -0.05) is 36.0 Å². The van der Waals surface area contributed by atoms with Crippen molar-refractivity contribution in [2.24, 2.45) is 5.73 Å². The van der Waals surface area contributed by atoms with Crippen LogP contribution in [0.25, 0.3) is 0 Å². The fourth-order valence-corrected chi connectivity index (χ4v) is 2.54. The highest BCUT2D eigenvalue weighted by atomic mass is 79.9. The molecule has 0 atom stereocenters. The van der Waals surface area contributed by atoms with Gasteiger partial charge in [-0.15, -0.1) is 0 Å². The van der Waals surface area contributed by atoms with E-state index in [4.69, 9.17) is 34.3 Å². The van der Waals surface area contributed by atoms with Gasteiger partial charge in [0.1, 0.15) is 11.6 Å². The minimum atomic E-state index is -0.524. The summed E-state index contributed by atoms with van der Waals surface area (Å²) in [5, 5.41) is 0.642. The van der Waals surface area contributed by atoms with Gasteiger partial charge < -0.3 is 10.5 Å². The first-order chi connectivity index (χ1) is 9.49. The van der Waals surface area contributed by atoms with Crippen molar-refractivity contribution in [3.63, 3.8) is 0 Å². The molecule has 104 valence electrons. The molecule has 0 aliphatic carbocycles. The van der Waals surface area contributed by atoms with E-state index < -0.39 is 5.82 Å². The van der Waals surface area contributed by atoms with E-state index in [9.17, 15) is 4.39 Å². The Morgan fingerprint density at radius 2 is 1.90 bits per heavy atom. The Kier molecular flexibility index (Phi) is 4.96. The molecule has 0 saturated carbocycles. The third-order valence-electron chi connectivity index (χ3n) is 2.62. The minimum absolute atomic E-state index is 0.125. The zero-order valence-electron chi connectivity index (χ0n) is 10.2. The molecule has 0 unspecified atom stereocenters. The molecule has 0 heterocycles. The van der Waals surface area contributed by atoms with Crippen molar-refractivity contribution in [2.75, 3.05) is 0 Å². The molecule has 2 aromatic carbocycles. The second-order valence-electron chi connectivity index (χ2n) is 4.02. The molecule has 6 heteroatoms. The summed E-state index contributed by atoms with van der Waals surface area (Å²) in [5.74, 6) is -0.393. The Bertz CT molecular complexity index is 648. The van der Waals surface area contributed by atoms with Crippen molar-refractivity contribution in [1.82, 2.24) is 0 Å². The molecule has 2 aromatic rings. The molecular weight excluding hydrogens is 365 g/mol. The van der Waals surface area contributed by atoms with Gasteiger partial charge in [0.15, 0.2) is 11.6 Å². The van der Waals surface area contributed by atoms with E-state index in [1.807, 2.05) is 12.1 Å². The van der Waals surface area contributed by atoms with Crippen LogP contribution in [0, 0.1) is 5.82 Å². The summed E-state index contributed by atoms with van der Waals surface area (Å²) in [6, 6.07) is 10.3. The standard InChI is InChI=1S/C14H10BrClFNOS/c15-12-10(14(18)20)5-6-11(13(12)17)19-7-8-1-3-9(16)4-2-8/h1-6H,7H2,(H2,18,20). The molecule has 0 bridgehead atoms. The van der Waals surface area contributed by atoms with Crippen molar-refractivity contribution in [1.29, 1.82) is 0 Å². The summed E-state index contributed by atoms with van der Waals surface area (Å²) >= 11 is 13.8. The van der Waals surface area contributed by atoms with Crippen molar-refractivity contribution in [3.8, 4) is 5.75 Å². The fourth-order valence-electron chi connectivity index (χ4n) is 1.58. The average molecular weight is 375 g/mol. The van der Waals surface area contributed by atoms with Crippen LogP contribution in [0.3, 0.4) is 0 Å². The first-order valence-corrected chi connectivity index (χ1v) is 7.22. The highest BCUT2D eigenvalue weighted by Gasteiger charge is 2.13. The molecule has 0 aromatic heterocycles. The number of halogens is 3. The highest BCUT2D eigenvalue weighted by Crippen LogP contribution is 2.29. The summed E-state index contributed by atoms with van der Waals surface area (Å²) < 4.78 is 19.7. The van der Waals surface area contributed by atoms with Gasteiger partial charge in [-0.2, -0.15) is 0 Å². The second-order valence-corrected chi connectivity index (χ2v) is 5.69. The lowest BCUT2D eigenvalue weighted by atomic mass is 10.2. The molecule has 2 rings (SSSR count). The number of hydrogen-bond donors (Lipinski definition) is 1. The molecule has 0 aliphatic heterocycles. The van der Waals surface area contributed by atoms with Gasteiger partial charge in [-0.25, -0.2) is 4.39 Å². The van der Waals surface area contributed by atoms with Crippen molar-refractivity contribution >= 4 is 44.7 Å². The number of ether oxygens (including phenoxy) is 1. The van der Waals surface area contributed by atoms with Gasteiger partial charge in [0.25, 0.3) is 0 Å². The maximum absolute atomic E-state index is 14.1. The van der Waals surface area contributed by atoms with Crippen LogP contribution in [-0.2, 0) is 6.61 Å². The third kappa shape index (κ3) is 3.48. The lowest BCUT2D eigenvalue weighted by molar-refractivity contribution is 0.289. The number of thiocarbonyl (C=S) groups is 1. The zero-order valence-corrected chi connectivity index (χ0v) is 13.4. The molecule has 2 nitrogen and oxygen atoms in total. The SMILES string of the molecule is NC(=S)c1ccc(OCc2ccc(Cl)cc2)c(F)c1Br. The average Bonchev–Trinajstić information content (AvgIpc) is 2.42. The Morgan fingerprint density at radius 1 is 1.25 bits per heavy atom. The number of nitrogens with two attached hydrogens (primary N) is 1. The van der Waals surface area contributed by atoms with Crippen LogP contribution in [0.5, 0.6) is 5.75 Å². The Morgan fingerprint density at radius 3 is 2.50 bits per heavy atom. The Labute approximate surface area is 134 Å². The van der Waals surface area contributed by atoms with Crippen LogP contribution < -0.4 is 10.5 Å². The molecule has 20 heavy (non-hydrogen) atoms. The summed E-state index contributed by atoms with van der Waals surface area (Å²) in [5.41, 5.74) is 6.83. The van der Waals surface area contributed by atoms with Gasteiger partial charge in [-0.3, -0.25) is 0 Å². The third-order valence-corrected chi connectivity index (χ3v) is 3.87. The summed E-state index contributed by atoms with van der Waals surface area (Å²) in [6.07, 6.45) is 0. The van der Waals surface area contributed by atoms with Gasteiger partial charge in [-0.05, 0) is 45.8 Å². The number of hydrogen-bond acceptors (Lipinski definition) is 2. The van der Waals surface area contributed by atoms with Crippen LogP contribution in [0.2, 0.25) is 5.02 Å². The van der Waals surface area contributed by atoms with E-state index in [-0.39, 0.29) is 21.8 Å². The van der Waals surface area contributed by atoms with Crippen LogP contribution in [0.1, 0.15) is 11.1 Å². The molecule has 0 spiro atoms. The van der Waals surface area contributed by atoms with E-state index in [2.05, 4.69) is 15.9 Å². The molecule has 0 aliphatic rings. The van der Waals surface area contributed by atoms with Gasteiger partial charge in [0, 0.05) is 10.6 Å². The Hall–Kier alpha value is -1.17. The van der Waals surface area contributed by atoms with E-state index in [0.29, 0.717) is 10.6 Å². The van der Waals surface area contributed by atoms with Gasteiger partial charge in [0.05, 0.1) is 4.47 Å². The smallest absolute Gasteiger partial charge is 0.179 e. The van der Waals surface area contributed by atoms with Crippen molar-refractivity contribution in [2.45, 2.75) is 6.61 Å². The first kappa shape index (κ1) is 15.2. The van der Waals surface area contributed by atoms with Crippen LogP contribution in [-0.4, -0.2) is 4.99 Å². The van der Waals surface area contributed by atoms with E-state index >= 15 is 0 Å². The van der Waals surface area contributed by atoms with Crippen LogP contribution in [0.15, 0.2) is 40.9 Å². The van der Waals surface area contributed by atoms with E-state index in [1.165, 1.54) is 6.07 Å². The number of rotatable bonds is 4. The molecule has 0 radical (unpaired) electrons. The Balaban J connectivity index is 2.16. The lowest BCUT2D eigenvalue weighted by Gasteiger charge is -2.10. The number of benzene rings is 2. The topological polar surface area (TPSA) is 35.2 Å². The van der Waals surface area contributed by atoms with Gasteiger partial charge >= 0.3 is 0 Å². The monoisotopic (exact) mass is 373 g/mol. The largest absolute Gasteiger partial charge is 0.486 e. The quantitative estimate of drug-likeness (QED) is 0.803. The first-order valence-electron chi connectivity index (χ1n) is 5.64. The molecule has 2 N–H and O–H groups in total. The normalized spacial score (nSPS) is 10.3. The zero-order chi connectivity index (χ0) is 14.7. The predicted molar refractivity (Wildman–Crippen MR) is 85.8 cm³/mol. The highest BCUT2D eigenvalue weighted by molar-refractivity contribution is 9.10. The predicted octanol–water partition coefficient (Wildman–Crippen LogP) is 4.45. The molecule has 0 saturated heterocycles. The minimum Gasteiger partial charge on any atom is -0.486 e. The molecular formula is C14H10BrClFNOS. The molecule has 0 amide bonds. The summed E-state index contributed by atoms with van der Waals surface area (Å²) in [4.78, 5) is 0.125. The van der Waals surface area contributed by atoms with Crippen LogP contribution >= 0.6 is 39.7 Å². The molecule has 0 fully saturated rings. The maximum atomic E-state index is 14.1. The van der Waals surface area contributed by atoms with E-state index in [0.717, 1.165) is 5.56 Å².